The van der Waals surface area contributed by atoms with Gasteiger partial charge in [0.25, 0.3) is 0 Å². The second kappa shape index (κ2) is 3.84. The number of carbonyl (C=O) groups is 1. The Morgan fingerprint density at radius 2 is 2.13 bits per heavy atom. The minimum Gasteiger partial charge on any atom is -0.474 e. The lowest BCUT2D eigenvalue weighted by atomic mass is 10.1. The van der Waals surface area contributed by atoms with Crippen LogP contribution in [0, 0.1) is 0 Å². The van der Waals surface area contributed by atoms with Crippen LogP contribution in [-0.2, 0) is 0 Å². The maximum absolute atomic E-state index is 12.8. The van der Waals surface area contributed by atoms with E-state index in [1.165, 1.54) is 0 Å². The molecule has 1 N–H and O–H groups in total. The average molecular weight is 215 g/mol. The molecule has 6 nitrogen and oxygen atoms in total. The summed E-state index contributed by atoms with van der Waals surface area (Å²) in [6, 6.07) is 0.152. The van der Waals surface area contributed by atoms with Crippen molar-refractivity contribution in [3.63, 3.8) is 0 Å². The van der Waals surface area contributed by atoms with Crippen molar-refractivity contribution in [1.82, 2.24) is 10.2 Å². The molecular weight excluding hydrogens is 205 g/mol. The number of anilines is 1. The Balaban J connectivity index is 2.06. The summed E-state index contributed by atoms with van der Waals surface area (Å²) in [4.78, 5) is 12.2. The number of halogens is 1. The Hall–Kier alpha value is -1.66. The molecule has 0 saturated carbocycles. The molecule has 2 rings (SSSR count). The van der Waals surface area contributed by atoms with Crippen molar-refractivity contribution >= 4 is 12.0 Å². The molecule has 7 heteroatoms. The second-order valence-electron chi connectivity index (χ2n) is 3.36. The van der Waals surface area contributed by atoms with Gasteiger partial charge < -0.3 is 14.4 Å². The molecular formula is C8H10FN3O3. The topological polar surface area (TPSA) is 79.5 Å². The predicted octanol–water partition coefficient (Wildman–Crippen LogP) is 0.706. The highest BCUT2D eigenvalue weighted by Gasteiger charge is 2.23. The standard InChI is InChI=1S/C8H10FN3O3/c9-5-1-3-12(4-2-5)8-11-10-6(15-8)7(13)14/h5H,1-4H2,(H,13,14). The predicted molar refractivity (Wildman–Crippen MR) is 47.6 cm³/mol. The molecule has 0 radical (unpaired) electrons. The first-order chi connectivity index (χ1) is 7.16. The molecule has 0 atom stereocenters. The zero-order valence-electron chi connectivity index (χ0n) is 7.89. The van der Waals surface area contributed by atoms with Gasteiger partial charge in [-0.3, -0.25) is 0 Å². The molecule has 1 aromatic rings. The van der Waals surface area contributed by atoms with E-state index in [4.69, 9.17) is 9.52 Å². The number of aromatic nitrogens is 2. The fourth-order valence-electron chi connectivity index (χ4n) is 1.47. The summed E-state index contributed by atoms with van der Waals surface area (Å²) in [5.41, 5.74) is 0. The van der Waals surface area contributed by atoms with Crippen molar-refractivity contribution in [2.24, 2.45) is 0 Å². The molecule has 0 bridgehead atoms. The highest BCUT2D eigenvalue weighted by molar-refractivity contribution is 5.82. The Bertz CT molecular complexity index is 360. The van der Waals surface area contributed by atoms with Crippen molar-refractivity contribution in [2.75, 3.05) is 18.0 Å². The molecule has 1 saturated heterocycles. The monoisotopic (exact) mass is 215 g/mol. The molecule has 0 unspecified atom stereocenters. The van der Waals surface area contributed by atoms with Crippen LogP contribution in [0.3, 0.4) is 0 Å². The third-order valence-electron chi connectivity index (χ3n) is 2.29. The van der Waals surface area contributed by atoms with E-state index in [-0.39, 0.29) is 6.01 Å². The summed E-state index contributed by atoms with van der Waals surface area (Å²) in [5, 5.41) is 15.5. The van der Waals surface area contributed by atoms with Crippen LogP contribution in [0.4, 0.5) is 10.4 Å². The smallest absolute Gasteiger partial charge is 0.393 e. The largest absolute Gasteiger partial charge is 0.474 e. The van der Waals surface area contributed by atoms with Gasteiger partial charge in [0.1, 0.15) is 6.17 Å². The first-order valence-corrected chi connectivity index (χ1v) is 4.62. The SMILES string of the molecule is O=C(O)c1nnc(N2CCC(F)CC2)o1. The Morgan fingerprint density at radius 3 is 2.67 bits per heavy atom. The minimum atomic E-state index is -1.26. The number of hydrogen-bond donors (Lipinski definition) is 1. The van der Waals surface area contributed by atoms with Crippen molar-refractivity contribution in [3.8, 4) is 0 Å². The normalized spacial score (nSPS) is 18.1. The van der Waals surface area contributed by atoms with Gasteiger partial charge in [-0.05, 0) is 12.8 Å². The van der Waals surface area contributed by atoms with E-state index in [1.807, 2.05) is 0 Å². The van der Waals surface area contributed by atoms with E-state index in [0.29, 0.717) is 25.9 Å². The molecule has 0 spiro atoms. The fourth-order valence-corrected chi connectivity index (χ4v) is 1.47. The molecule has 1 fully saturated rings. The Kier molecular flexibility index (Phi) is 2.53. The summed E-state index contributed by atoms with van der Waals surface area (Å²) in [6.45, 7) is 0.949. The van der Waals surface area contributed by atoms with E-state index in [2.05, 4.69) is 10.2 Å². The number of carboxylic acids is 1. The van der Waals surface area contributed by atoms with Crippen molar-refractivity contribution in [2.45, 2.75) is 19.0 Å². The Morgan fingerprint density at radius 1 is 1.47 bits per heavy atom. The third-order valence-corrected chi connectivity index (χ3v) is 2.29. The fraction of sp³-hybridized carbons (Fsp3) is 0.625. The van der Waals surface area contributed by atoms with E-state index in [0.717, 1.165) is 0 Å². The van der Waals surface area contributed by atoms with Crippen molar-refractivity contribution in [1.29, 1.82) is 0 Å². The first-order valence-electron chi connectivity index (χ1n) is 4.62. The van der Waals surface area contributed by atoms with Gasteiger partial charge in [0.15, 0.2) is 0 Å². The van der Waals surface area contributed by atoms with Gasteiger partial charge in [-0.15, -0.1) is 0 Å². The number of piperidine rings is 1. The van der Waals surface area contributed by atoms with Crippen LogP contribution >= 0.6 is 0 Å². The van der Waals surface area contributed by atoms with Crippen LogP contribution in [-0.4, -0.2) is 40.5 Å². The quantitative estimate of drug-likeness (QED) is 0.782. The third kappa shape index (κ3) is 2.05. The molecule has 0 aromatic carbocycles. The minimum absolute atomic E-state index is 0.152. The van der Waals surface area contributed by atoms with Gasteiger partial charge in [-0.1, -0.05) is 10.2 Å². The number of rotatable bonds is 2. The lowest BCUT2D eigenvalue weighted by Crippen LogP contribution is -2.34. The number of nitrogens with zero attached hydrogens (tertiary/aromatic N) is 3. The summed E-state index contributed by atoms with van der Waals surface area (Å²) < 4.78 is 17.7. The van der Waals surface area contributed by atoms with E-state index in [1.54, 1.807) is 4.90 Å². The number of carboxylic acid groups (broad SMARTS) is 1. The molecule has 15 heavy (non-hydrogen) atoms. The summed E-state index contributed by atoms with van der Waals surface area (Å²) in [6.07, 6.45) is 0.0263. The van der Waals surface area contributed by atoms with Crippen molar-refractivity contribution in [3.05, 3.63) is 5.89 Å². The average Bonchev–Trinajstić information content (AvgIpc) is 2.68. The molecule has 82 valence electrons. The number of aromatic carboxylic acids is 1. The first kappa shape index (κ1) is 9.88. The second-order valence-corrected chi connectivity index (χ2v) is 3.36. The molecule has 1 aliphatic rings. The number of hydrogen-bond acceptors (Lipinski definition) is 5. The van der Waals surface area contributed by atoms with Gasteiger partial charge in [0.2, 0.25) is 0 Å². The zero-order valence-corrected chi connectivity index (χ0v) is 7.89. The van der Waals surface area contributed by atoms with Crippen LogP contribution in [0.25, 0.3) is 0 Å². The van der Waals surface area contributed by atoms with Gasteiger partial charge in [-0.2, -0.15) is 0 Å². The van der Waals surface area contributed by atoms with Gasteiger partial charge in [-0.25, -0.2) is 9.18 Å². The van der Waals surface area contributed by atoms with Crippen molar-refractivity contribution < 1.29 is 18.7 Å². The maximum atomic E-state index is 12.8. The summed E-state index contributed by atoms with van der Waals surface area (Å²) in [7, 11) is 0. The van der Waals surface area contributed by atoms with Crippen LogP contribution < -0.4 is 4.90 Å². The van der Waals surface area contributed by atoms with E-state index >= 15 is 0 Å². The zero-order chi connectivity index (χ0) is 10.8. The Labute approximate surface area is 84.7 Å². The van der Waals surface area contributed by atoms with Crippen LogP contribution in [0.1, 0.15) is 23.5 Å². The highest BCUT2D eigenvalue weighted by atomic mass is 19.1. The highest BCUT2D eigenvalue weighted by Crippen LogP contribution is 2.19. The lowest BCUT2D eigenvalue weighted by Gasteiger charge is -2.26. The molecule has 2 heterocycles. The van der Waals surface area contributed by atoms with E-state index in [9.17, 15) is 9.18 Å². The van der Waals surface area contributed by atoms with E-state index < -0.39 is 18.0 Å². The summed E-state index contributed by atoms with van der Waals surface area (Å²) >= 11 is 0. The molecule has 1 aromatic heterocycles. The molecule has 0 amide bonds. The summed E-state index contributed by atoms with van der Waals surface area (Å²) in [5.74, 6) is -1.69. The maximum Gasteiger partial charge on any atom is 0.393 e. The van der Waals surface area contributed by atoms with Crippen LogP contribution in [0.5, 0.6) is 0 Å². The van der Waals surface area contributed by atoms with Crippen LogP contribution in [0.15, 0.2) is 4.42 Å². The molecule has 1 aliphatic heterocycles. The molecule has 0 aliphatic carbocycles. The van der Waals surface area contributed by atoms with Crippen LogP contribution in [0.2, 0.25) is 0 Å². The number of alkyl halides is 1. The van der Waals surface area contributed by atoms with Gasteiger partial charge in [0, 0.05) is 13.1 Å². The van der Waals surface area contributed by atoms with Gasteiger partial charge in [0.05, 0.1) is 0 Å². The lowest BCUT2D eigenvalue weighted by molar-refractivity contribution is 0.0654. The van der Waals surface area contributed by atoms with Gasteiger partial charge >= 0.3 is 17.9 Å².